The molecule has 0 aliphatic carbocycles. The quantitative estimate of drug-likeness (QED) is 0.658. The Morgan fingerprint density at radius 1 is 1.42 bits per heavy atom. The number of hydrogen-bond acceptors (Lipinski definition) is 3. The van der Waals surface area contributed by atoms with Crippen LogP contribution in [-0.2, 0) is 7.05 Å². The third-order valence-electron chi connectivity index (χ3n) is 4.59. The van der Waals surface area contributed by atoms with Gasteiger partial charge in [0.15, 0.2) is 5.96 Å². The lowest BCUT2D eigenvalue weighted by Crippen LogP contribution is -2.43. The van der Waals surface area contributed by atoms with E-state index in [1.54, 1.807) is 19.2 Å². The Morgan fingerprint density at radius 2 is 2.19 bits per heavy atom. The lowest BCUT2D eigenvalue weighted by Gasteiger charge is -2.23. The van der Waals surface area contributed by atoms with Crippen LogP contribution in [-0.4, -0.2) is 53.4 Å². The van der Waals surface area contributed by atoms with E-state index in [2.05, 4.69) is 26.5 Å². The van der Waals surface area contributed by atoms with Crippen molar-refractivity contribution in [3.63, 3.8) is 0 Å². The second kappa shape index (κ2) is 8.21. The Morgan fingerprint density at radius 3 is 2.85 bits per heavy atom. The van der Waals surface area contributed by atoms with Crippen LogP contribution in [0.25, 0.3) is 0 Å². The largest absolute Gasteiger partial charge is 0.489 e. The van der Waals surface area contributed by atoms with Crippen molar-refractivity contribution >= 4 is 5.96 Å². The van der Waals surface area contributed by atoms with Gasteiger partial charge in [0.05, 0.1) is 12.7 Å². The summed E-state index contributed by atoms with van der Waals surface area (Å²) in [6.45, 7) is 4.50. The molecule has 2 aromatic rings. The van der Waals surface area contributed by atoms with Gasteiger partial charge in [0, 0.05) is 39.3 Å². The zero-order chi connectivity index (χ0) is 18.5. The molecule has 2 atom stereocenters. The molecule has 1 aliphatic rings. The van der Waals surface area contributed by atoms with E-state index in [0.717, 1.165) is 25.5 Å². The van der Waals surface area contributed by atoms with Crippen LogP contribution in [0.2, 0.25) is 0 Å². The maximum atomic E-state index is 13.0. The first-order valence-electron chi connectivity index (χ1n) is 8.91. The average Bonchev–Trinajstić information content (AvgIpc) is 3.27. The number of nitrogens with zero attached hydrogens (tertiary/aromatic N) is 4. The molecule has 3 rings (SSSR count). The molecule has 1 N–H and O–H groups in total. The molecule has 1 aliphatic heterocycles. The first-order valence-corrected chi connectivity index (χ1v) is 8.91. The molecule has 1 fully saturated rings. The number of guanidine groups is 1. The summed E-state index contributed by atoms with van der Waals surface area (Å²) in [6.07, 6.45) is 5.06. The van der Waals surface area contributed by atoms with E-state index in [1.807, 2.05) is 24.9 Å². The molecule has 1 aromatic carbocycles. The minimum Gasteiger partial charge on any atom is -0.489 e. The van der Waals surface area contributed by atoms with Crippen LogP contribution >= 0.6 is 0 Å². The molecule has 0 radical (unpaired) electrons. The second-order valence-corrected chi connectivity index (χ2v) is 6.69. The SMILES string of the molecule is CN=C(NCC(C)Oc1ccc(F)cc1)N1CCC(c2cnn(C)c2)C1. The van der Waals surface area contributed by atoms with Crippen LogP contribution in [0.1, 0.15) is 24.8 Å². The number of halogens is 1. The Hall–Kier alpha value is -2.57. The number of rotatable bonds is 5. The predicted octanol–water partition coefficient (Wildman–Crippen LogP) is 2.39. The number of aryl methyl sites for hydroxylation is 1. The van der Waals surface area contributed by atoms with Gasteiger partial charge < -0.3 is 15.0 Å². The zero-order valence-electron chi connectivity index (χ0n) is 15.5. The molecule has 7 heteroatoms. The number of benzene rings is 1. The molecule has 140 valence electrons. The molecular weight excluding hydrogens is 333 g/mol. The number of ether oxygens (including phenoxy) is 1. The summed E-state index contributed by atoms with van der Waals surface area (Å²) in [5, 5.41) is 7.64. The van der Waals surface area contributed by atoms with Gasteiger partial charge in [0.1, 0.15) is 17.7 Å². The van der Waals surface area contributed by atoms with Gasteiger partial charge in [0.2, 0.25) is 0 Å². The third-order valence-corrected chi connectivity index (χ3v) is 4.59. The molecule has 2 unspecified atom stereocenters. The van der Waals surface area contributed by atoms with Gasteiger partial charge in [-0.25, -0.2) is 4.39 Å². The number of nitrogens with one attached hydrogen (secondary N) is 1. The number of aromatic nitrogens is 2. The van der Waals surface area contributed by atoms with Crippen molar-refractivity contribution in [3.8, 4) is 5.75 Å². The molecule has 1 aromatic heterocycles. The molecule has 6 nitrogen and oxygen atoms in total. The number of hydrogen-bond donors (Lipinski definition) is 1. The van der Waals surface area contributed by atoms with Crippen LogP contribution in [0.4, 0.5) is 4.39 Å². The van der Waals surface area contributed by atoms with E-state index in [1.165, 1.54) is 17.7 Å². The Bertz CT molecular complexity index is 743. The monoisotopic (exact) mass is 359 g/mol. The van der Waals surface area contributed by atoms with Gasteiger partial charge in [0.25, 0.3) is 0 Å². The van der Waals surface area contributed by atoms with Crippen molar-refractivity contribution < 1.29 is 9.13 Å². The summed E-state index contributed by atoms with van der Waals surface area (Å²) in [7, 11) is 3.74. The van der Waals surface area contributed by atoms with Crippen molar-refractivity contribution in [2.45, 2.75) is 25.4 Å². The lowest BCUT2D eigenvalue weighted by molar-refractivity contribution is 0.222. The minimum atomic E-state index is -0.263. The van der Waals surface area contributed by atoms with Crippen molar-refractivity contribution in [2.75, 3.05) is 26.7 Å². The van der Waals surface area contributed by atoms with Crippen LogP contribution in [0.5, 0.6) is 5.75 Å². The second-order valence-electron chi connectivity index (χ2n) is 6.69. The first-order chi connectivity index (χ1) is 12.5. The first kappa shape index (κ1) is 18.2. The summed E-state index contributed by atoms with van der Waals surface area (Å²) < 4.78 is 20.6. The fraction of sp³-hybridized carbons (Fsp3) is 0.474. The zero-order valence-corrected chi connectivity index (χ0v) is 15.5. The maximum Gasteiger partial charge on any atom is 0.193 e. The van der Waals surface area contributed by atoms with Crippen LogP contribution in [0, 0.1) is 5.82 Å². The smallest absolute Gasteiger partial charge is 0.193 e. The van der Waals surface area contributed by atoms with E-state index in [9.17, 15) is 4.39 Å². The summed E-state index contributed by atoms with van der Waals surface area (Å²) in [4.78, 5) is 6.67. The average molecular weight is 359 g/mol. The van der Waals surface area contributed by atoms with Crippen LogP contribution in [0.3, 0.4) is 0 Å². The molecule has 1 saturated heterocycles. The molecule has 0 saturated carbocycles. The topological polar surface area (TPSA) is 54.7 Å². The third kappa shape index (κ3) is 4.53. The maximum absolute atomic E-state index is 13.0. The van der Waals surface area contributed by atoms with Crippen LogP contribution in [0.15, 0.2) is 41.7 Å². The molecule has 2 heterocycles. The lowest BCUT2D eigenvalue weighted by atomic mass is 10.0. The van der Waals surface area contributed by atoms with Crippen molar-refractivity contribution in [1.82, 2.24) is 20.0 Å². The van der Waals surface area contributed by atoms with E-state index in [0.29, 0.717) is 18.2 Å². The molecule has 0 amide bonds. The van der Waals surface area contributed by atoms with Crippen molar-refractivity contribution in [2.24, 2.45) is 12.0 Å². The number of likely N-dealkylation sites (tertiary alicyclic amines) is 1. The van der Waals surface area contributed by atoms with Crippen LogP contribution < -0.4 is 10.1 Å². The number of aliphatic imine (C=N–C) groups is 1. The van der Waals surface area contributed by atoms with Gasteiger partial charge in [-0.1, -0.05) is 0 Å². The highest BCUT2D eigenvalue weighted by Gasteiger charge is 2.27. The minimum absolute atomic E-state index is 0.0612. The summed E-state index contributed by atoms with van der Waals surface area (Å²) >= 11 is 0. The van der Waals surface area contributed by atoms with Crippen molar-refractivity contribution in [1.29, 1.82) is 0 Å². The summed E-state index contributed by atoms with van der Waals surface area (Å²) in [5.41, 5.74) is 1.28. The fourth-order valence-electron chi connectivity index (χ4n) is 3.23. The molecule has 26 heavy (non-hydrogen) atoms. The highest BCUT2D eigenvalue weighted by molar-refractivity contribution is 5.80. The van der Waals surface area contributed by atoms with E-state index in [-0.39, 0.29) is 11.9 Å². The Kier molecular flexibility index (Phi) is 5.75. The Labute approximate surface area is 153 Å². The summed E-state index contributed by atoms with van der Waals surface area (Å²) in [6, 6.07) is 6.08. The van der Waals surface area contributed by atoms with Gasteiger partial charge in [-0.2, -0.15) is 5.10 Å². The highest BCUT2D eigenvalue weighted by atomic mass is 19.1. The van der Waals surface area contributed by atoms with E-state index >= 15 is 0 Å². The molecular formula is C19H26FN5O. The van der Waals surface area contributed by atoms with Crippen molar-refractivity contribution in [3.05, 3.63) is 48.0 Å². The van der Waals surface area contributed by atoms with E-state index < -0.39 is 0 Å². The van der Waals surface area contributed by atoms with Gasteiger partial charge in [-0.05, 0) is 43.2 Å². The van der Waals surface area contributed by atoms with E-state index in [4.69, 9.17) is 4.74 Å². The summed E-state index contributed by atoms with van der Waals surface area (Å²) in [5.74, 6) is 1.76. The van der Waals surface area contributed by atoms with Gasteiger partial charge >= 0.3 is 0 Å². The standard InChI is InChI=1S/C19H26FN5O/c1-14(26-18-6-4-17(20)5-7-18)10-22-19(21-2)25-9-8-15(13-25)16-11-23-24(3)12-16/h4-7,11-12,14-15H,8-10,13H2,1-3H3,(H,21,22). The predicted molar refractivity (Wildman–Crippen MR) is 100.0 cm³/mol. The molecule has 0 spiro atoms. The normalized spacial score (nSPS) is 18.8. The molecule has 0 bridgehead atoms. The highest BCUT2D eigenvalue weighted by Crippen LogP contribution is 2.26. The van der Waals surface area contributed by atoms with Gasteiger partial charge in [-0.15, -0.1) is 0 Å². The fourth-order valence-corrected chi connectivity index (χ4v) is 3.23. The Balaban J connectivity index is 1.49. The van der Waals surface area contributed by atoms with Gasteiger partial charge in [-0.3, -0.25) is 9.67 Å².